The first-order valence-corrected chi connectivity index (χ1v) is 6.71. The van der Waals surface area contributed by atoms with E-state index in [-0.39, 0.29) is 10.6 Å². The summed E-state index contributed by atoms with van der Waals surface area (Å²) in [7, 11) is 0. The van der Waals surface area contributed by atoms with Gasteiger partial charge >= 0.3 is 11.9 Å². The van der Waals surface area contributed by atoms with Crippen LogP contribution in [0.3, 0.4) is 0 Å². The lowest BCUT2D eigenvalue weighted by Crippen LogP contribution is -2.27. The van der Waals surface area contributed by atoms with Gasteiger partial charge in [-0.25, -0.2) is 9.59 Å². The summed E-state index contributed by atoms with van der Waals surface area (Å²) in [6.07, 6.45) is 2.07. The van der Waals surface area contributed by atoms with E-state index in [1.165, 1.54) is 5.56 Å². The lowest BCUT2D eigenvalue weighted by molar-refractivity contribution is -0.384. The van der Waals surface area contributed by atoms with Gasteiger partial charge in [0.1, 0.15) is 0 Å². The molecule has 1 aromatic rings. The standard InChI is InChI=1S/C10H13N3O2.C4H4O4/c11-4-6-12-5-3-8-1-2-9(13(14)15)7-10(8)12;5-3(6)1-2-4(7)8/h1-2,7H,3-6,11H2;1-2H,(H,5,6)(H,7,8)/b;2-1+. The average molecular weight is 323 g/mol. The molecular formula is C14H17N3O6. The lowest BCUT2D eigenvalue weighted by atomic mass is 10.1. The van der Waals surface area contributed by atoms with Crippen molar-refractivity contribution in [3.8, 4) is 0 Å². The van der Waals surface area contributed by atoms with Crippen LogP contribution in [0.15, 0.2) is 30.4 Å². The summed E-state index contributed by atoms with van der Waals surface area (Å²) in [6, 6.07) is 5.03. The fourth-order valence-corrected chi connectivity index (χ4v) is 2.08. The van der Waals surface area contributed by atoms with Gasteiger partial charge in [-0.15, -0.1) is 0 Å². The number of nitro groups is 1. The highest BCUT2D eigenvalue weighted by atomic mass is 16.6. The number of carboxylic acid groups (broad SMARTS) is 2. The van der Waals surface area contributed by atoms with Crippen molar-refractivity contribution < 1.29 is 24.7 Å². The van der Waals surface area contributed by atoms with Gasteiger partial charge in [0.05, 0.1) is 4.92 Å². The molecule has 0 atom stereocenters. The first kappa shape index (κ1) is 18.1. The van der Waals surface area contributed by atoms with E-state index in [4.69, 9.17) is 15.9 Å². The van der Waals surface area contributed by atoms with Crippen LogP contribution >= 0.6 is 0 Å². The Morgan fingerprint density at radius 1 is 1.30 bits per heavy atom. The van der Waals surface area contributed by atoms with Gasteiger partial charge in [-0.2, -0.15) is 0 Å². The van der Waals surface area contributed by atoms with E-state index in [1.54, 1.807) is 12.1 Å². The largest absolute Gasteiger partial charge is 0.478 e. The minimum atomic E-state index is -1.26. The Kier molecular flexibility index (Phi) is 6.68. The Labute approximate surface area is 131 Å². The van der Waals surface area contributed by atoms with E-state index in [2.05, 4.69) is 4.90 Å². The second-order valence-electron chi connectivity index (χ2n) is 4.61. The highest BCUT2D eigenvalue weighted by molar-refractivity contribution is 5.89. The molecule has 0 bridgehead atoms. The number of rotatable bonds is 5. The van der Waals surface area contributed by atoms with Crippen LogP contribution in [0.2, 0.25) is 0 Å². The topological polar surface area (TPSA) is 147 Å². The van der Waals surface area contributed by atoms with Crippen molar-refractivity contribution in [1.82, 2.24) is 0 Å². The zero-order valence-electron chi connectivity index (χ0n) is 12.2. The second kappa shape index (κ2) is 8.49. The number of carboxylic acids is 2. The maximum absolute atomic E-state index is 10.6. The van der Waals surface area contributed by atoms with Gasteiger partial charge in [-0.05, 0) is 12.0 Å². The third-order valence-electron chi connectivity index (χ3n) is 3.04. The molecule has 1 aliphatic heterocycles. The zero-order chi connectivity index (χ0) is 17.4. The molecule has 0 radical (unpaired) electrons. The minimum absolute atomic E-state index is 0.151. The average Bonchev–Trinajstić information content (AvgIpc) is 2.88. The molecule has 0 amide bonds. The van der Waals surface area contributed by atoms with E-state index in [1.807, 2.05) is 6.07 Å². The number of anilines is 1. The molecular weight excluding hydrogens is 306 g/mol. The summed E-state index contributed by atoms with van der Waals surface area (Å²) in [4.78, 5) is 31.5. The molecule has 0 unspecified atom stereocenters. The Morgan fingerprint density at radius 2 is 1.91 bits per heavy atom. The number of hydrogen-bond donors (Lipinski definition) is 3. The molecule has 0 aliphatic carbocycles. The molecule has 9 heteroatoms. The Bertz CT molecular complexity index is 611. The monoisotopic (exact) mass is 323 g/mol. The van der Waals surface area contributed by atoms with Gasteiger partial charge in [0.15, 0.2) is 0 Å². The number of aliphatic carboxylic acids is 2. The van der Waals surface area contributed by atoms with Crippen LogP contribution in [0.5, 0.6) is 0 Å². The van der Waals surface area contributed by atoms with Crippen LogP contribution in [0.25, 0.3) is 0 Å². The summed E-state index contributed by atoms with van der Waals surface area (Å²) in [5, 5.41) is 26.3. The first-order valence-electron chi connectivity index (χ1n) is 6.71. The first-order chi connectivity index (χ1) is 10.8. The summed E-state index contributed by atoms with van der Waals surface area (Å²) in [6.45, 7) is 2.24. The Hall–Kier alpha value is -2.94. The molecule has 0 fully saturated rings. The molecule has 2 rings (SSSR count). The zero-order valence-corrected chi connectivity index (χ0v) is 12.2. The number of non-ortho nitro benzene ring substituents is 1. The van der Waals surface area contributed by atoms with Gasteiger partial charge in [-0.3, -0.25) is 10.1 Å². The van der Waals surface area contributed by atoms with Gasteiger partial charge in [0.25, 0.3) is 5.69 Å². The molecule has 0 spiro atoms. The predicted octanol–water partition coefficient (Wildman–Crippen LogP) is 0.628. The van der Waals surface area contributed by atoms with Crippen molar-refractivity contribution >= 4 is 23.3 Å². The van der Waals surface area contributed by atoms with Crippen LogP contribution in [-0.2, 0) is 16.0 Å². The van der Waals surface area contributed by atoms with Crippen LogP contribution in [-0.4, -0.2) is 46.7 Å². The van der Waals surface area contributed by atoms with Gasteiger partial charge in [-0.1, -0.05) is 6.07 Å². The fourth-order valence-electron chi connectivity index (χ4n) is 2.08. The molecule has 0 saturated heterocycles. The SMILES string of the molecule is NCCN1CCc2ccc([N+](=O)[O-])cc21.O=C(O)/C=C/C(=O)O. The number of nitrogens with zero attached hydrogens (tertiary/aromatic N) is 2. The number of nitro benzene ring substituents is 1. The predicted molar refractivity (Wildman–Crippen MR) is 82.5 cm³/mol. The molecule has 124 valence electrons. The number of nitrogens with two attached hydrogens (primary N) is 1. The van der Waals surface area contributed by atoms with Crippen molar-refractivity contribution in [1.29, 1.82) is 0 Å². The quantitative estimate of drug-likeness (QED) is 0.406. The van der Waals surface area contributed by atoms with E-state index in [9.17, 15) is 19.7 Å². The van der Waals surface area contributed by atoms with Crippen LogP contribution in [0.4, 0.5) is 11.4 Å². The number of fused-ring (bicyclic) bond motifs is 1. The molecule has 0 aromatic heterocycles. The summed E-state index contributed by atoms with van der Waals surface area (Å²) < 4.78 is 0. The number of hydrogen-bond acceptors (Lipinski definition) is 6. The summed E-state index contributed by atoms with van der Waals surface area (Å²) in [5.74, 6) is -2.51. The summed E-state index contributed by atoms with van der Waals surface area (Å²) >= 11 is 0. The molecule has 0 saturated carbocycles. The third kappa shape index (κ3) is 5.75. The van der Waals surface area contributed by atoms with Crippen LogP contribution in [0, 0.1) is 10.1 Å². The van der Waals surface area contributed by atoms with E-state index >= 15 is 0 Å². The molecule has 9 nitrogen and oxygen atoms in total. The Morgan fingerprint density at radius 3 is 2.39 bits per heavy atom. The van der Waals surface area contributed by atoms with Crippen LogP contribution in [0.1, 0.15) is 5.56 Å². The number of benzene rings is 1. The van der Waals surface area contributed by atoms with Gasteiger partial charge < -0.3 is 20.8 Å². The van der Waals surface area contributed by atoms with Crippen molar-refractivity contribution in [3.63, 3.8) is 0 Å². The van der Waals surface area contributed by atoms with Crippen molar-refractivity contribution in [3.05, 3.63) is 46.0 Å². The smallest absolute Gasteiger partial charge is 0.328 e. The Balaban J connectivity index is 0.000000284. The van der Waals surface area contributed by atoms with Crippen LogP contribution < -0.4 is 10.6 Å². The summed E-state index contributed by atoms with van der Waals surface area (Å²) in [5.41, 5.74) is 7.78. The van der Waals surface area contributed by atoms with E-state index in [0.29, 0.717) is 18.7 Å². The highest BCUT2D eigenvalue weighted by Gasteiger charge is 2.20. The van der Waals surface area contributed by atoms with Crippen molar-refractivity contribution in [2.75, 3.05) is 24.5 Å². The fraction of sp³-hybridized carbons (Fsp3) is 0.286. The molecule has 1 aliphatic rings. The van der Waals surface area contributed by atoms with Crippen molar-refractivity contribution in [2.24, 2.45) is 5.73 Å². The molecule has 1 heterocycles. The molecule has 1 aromatic carbocycles. The van der Waals surface area contributed by atoms with Crippen molar-refractivity contribution in [2.45, 2.75) is 6.42 Å². The number of carbonyl (C=O) groups is 2. The van der Waals surface area contributed by atoms with Gasteiger partial charge in [0.2, 0.25) is 0 Å². The maximum atomic E-state index is 10.6. The normalized spacial score (nSPS) is 12.5. The second-order valence-corrected chi connectivity index (χ2v) is 4.61. The van der Waals surface area contributed by atoms with Gasteiger partial charge in [0, 0.05) is 49.6 Å². The minimum Gasteiger partial charge on any atom is -0.478 e. The lowest BCUT2D eigenvalue weighted by Gasteiger charge is -2.17. The molecule has 23 heavy (non-hydrogen) atoms. The maximum Gasteiger partial charge on any atom is 0.328 e. The van der Waals surface area contributed by atoms with E-state index in [0.717, 1.165) is 25.2 Å². The molecule has 4 N–H and O–H groups in total. The van der Waals surface area contributed by atoms with E-state index < -0.39 is 11.9 Å². The third-order valence-corrected chi connectivity index (χ3v) is 3.04. The highest BCUT2D eigenvalue weighted by Crippen LogP contribution is 2.31.